The number of hydrogen-bond donors (Lipinski definition) is 0. The molecule has 0 bridgehead atoms. The van der Waals surface area contributed by atoms with Gasteiger partial charge < -0.3 is 4.42 Å². The van der Waals surface area contributed by atoms with E-state index in [1.54, 1.807) is 6.07 Å². The highest BCUT2D eigenvalue weighted by Gasteiger charge is 2.11. The Morgan fingerprint density at radius 3 is 2.69 bits per heavy atom. The zero-order valence-corrected chi connectivity index (χ0v) is 11.3. The van der Waals surface area contributed by atoms with Gasteiger partial charge in [-0.3, -0.25) is 0 Å². The normalized spacial score (nSPS) is 11.0. The molecule has 0 atom stereocenters. The van der Waals surface area contributed by atoms with Crippen molar-refractivity contribution in [3.63, 3.8) is 0 Å². The Labute approximate surface area is 106 Å². The van der Waals surface area contributed by atoms with Crippen molar-refractivity contribution in [2.45, 2.75) is 19.2 Å². The van der Waals surface area contributed by atoms with Crippen molar-refractivity contribution in [3.05, 3.63) is 44.3 Å². The molecule has 0 saturated heterocycles. The Morgan fingerprint density at radius 1 is 1.38 bits per heavy atom. The van der Waals surface area contributed by atoms with Gasteiger partial charge in [0.05, 0.1) is 0 Å². The van der Waals surface area contributed by atoms with Gasteiger partial charge in [0.15, 0.2) is 0 Å². The smallest absolute Gasteiger partial charge is 0.336 e. The molecule has 0 radical (unpaired) electrons. The SMILES string of the molecule is Cc1cc2oc(=O)cc(CBr)c2c(C)c1Cl. The summed E-state index contributed by atoms with van der Waals surface area (Å²) in [5, 5.41) is 2.26. The standard InChI is InChI=1S/C12H10BrClO2/c1-6-3-9-11(7(2)12(6)14)8(5-13)4-10(15)16-9/h3-4H,5H2,1-2H3. The Bertz CT molecular complexity index is 616. The van der Waals surface area contributed by atoms with Crippen LogP contribution < -0.4 is 5.63 Å². The van der Waals surface area contributed by atoms with Crippen LogP contribution in [0.25, 0.3) is 11.0 Å². The second kappa shape index (κ2) is 4.22. The molecule has 2 nitrogen and oxygen atoms in total. The fraction of sp³-hybridized carbons (Fsp3) is 0.250. The van der Waals surface area contributed by atoms with E-state index in [0.29, 0.717) is 10.9 Å². The predicted molar refractivity (Wildman–Crippen MR) is 69.6 cm³/mol. The zero-order valence-electron chi connectivity index (χ0n) is 8.93. The first-order chi connectivity index (χ1) is 7.54. The van der Waals surface area contributed by atoms with Crippen molar-refractivity contribution in [2.75, 3.05) is 0 Å². The van der Waals surface area contributed by atoms with Gasteiger partial charge >= 0.3 is 5.63 Å². The molecule has 1 aromatic carbocycles. The van der Waals surface area contributed by atoms with Crippen LogP contribution in [0.4, 0.5) is 0 Å². The van der Waals surface area contributed by atoms with Gasteiger partial charge in [-0.05, 0) is 36.6 Å². The third kappa shape index (κ3) is 1.78. The van der Waals surface area contributed by atoms with Crippen LogP contribution >= 0.6 is 27.5 Å². The lowest BCUT2D eigenvalue weighted by atomic mass is 10.0. The van der Waals surface area contributed by atoms with E-state index in [1.807, 2.05) is 13.8 Å². The third-order valence-electron chi connectivity index (χ3n) is 2.61. The summed E-state index contributed by atoms with van der Waals surface area (Å²) >= 11 is 9.56. The van der Waals surface area contributed by atoms with Gasteiger partial charge in [0.2, 0.25) is 0 Å². The Balaban J connectivity index is 3.01. The van der Waals surface area contributed by atoms with E-state index in [1.165, 1.54) is 6.07 Å². The van der Waals surface area contributed by atoms with Crippen LogP contribution in [-0.2, 0) is 5.33 Å². The fourth-order valence-electron chi connectivity index (χ4n) is 1.86. The van der Waals surface area contributed by atoms with E-state index in [9.17, 15) is 4.79 Å². The molecule has 1 heterocycles. The topological polar surface area (TPSA) is 30.2 Å². The summed E-state index contributed by atoms with van der Waals surface area (Å²) in [5.41, 5.74) is 3.05. The average molecular weight is 302 g/mol. The van der Waals surface area contributed by atoms with E-state index >= 15 is 0 Å². The quantitative estimate of drug-likeness (QED) is 0.589. The van der Waals surface area contributed by atoms with Crippen LogP contribution in [0, 0.1) is 13.8 Å². The number of alkyl halides is 1. The lowest BCUT2D eigenvalue weighted by Gasteiger charge is -2.09. The summed E-state index contributed by atoms with van der Waals surface area (Å²) in [4.78, 5) is 11.4. The number of aryl methyl sites for hydroxylation is 2. The zero-order chi connectivity index (χ0) is 11.9. The van der Waals surface area contributed by atoms with E-state index in [-0.39, 0.29) is 5.63 Å². The maximum Gasteiger partial charge on any atom is 0.336 e. The Morgan fingerprint density at radius 2 is 2.06 bits per heavy atom. The van der Waals surface area contributed by atoms with Crippen molar-refractivity contribution >= 4 is 38.5 Å². The number of fused-ring (bicyclic) bond motifs is 1. The summed E-state index contributed by atoms with van der Waals surface area (Å²) < 4.78 is 5.19. The molecule has 2 aromatic rings. The van der Waals surface area contributed by atoms with Crippen molar-refractivity contribution < 1.29 is 4.42 Å². The molecule has 16 heavy (non-hydrogen) atoms. The molecule has 0 aliphatic heterocycles. The van der Waals surface area contributed by atoms with Crippen LogP contribution in [0.15, 0.2) is 21.3 Å². The van der Waals surface area contributed by atoms with Gasteiger partial charge in [-0.1, -0.05) is 27.5 Å². The molecule has 1 aromatic heterocycles. The highest BCUT2D eigenvalue weighted by atomic mass is 79.9. The molecule has 0 aliphatic carbocycles. The molecule has 0 unspecified atom stereocenters. The van der Waals surface area contributed by atoms with Crippen molar-refractivity contribution in [3.8, 4) is 0 Å². The fourth-order valence-corrected chi connectivity index (χ4v) is 2.45. The van der Waals surface area contributed by atoms with E-state index < -0.39 is 0 Å². The van der Waals surface area contributed by atoms with E-state index in [4.69, 9.17) is 16.0 Å². The molecular weight excluding hydrogens is 291 g/mol. The Hall–Kier alpha value is -0.800. The van der Waals surface area contributed by atoms with Gasteiger partial charge in [-0.2, -0.15) is 0 Å². The largest absolute Gasteiger partial charge is 0.423 e. The average Bonchev–Trinajstić information content (AvgIpc) is 2.24. The van der Waals surface area contributed by atoms with Gasteiger partial charge in [0, 0.05) is 21.8 Å². The van der Waals surface area contributed by atoms with Crippen molar-refractivity contribution in [1.82, 2.24) is 0 Å². The van der Waals surface area contributed by atoms with Crippen LogP contribution in [0.3, 0.4) is 0 Å². The molecule has 0 fully saturated rings. The van der Waals surface area contributed by atoms with Crippen LogP contribution in [0.1, 0.15) is 16.7 Å². The molecular formula is C12H10BrClO2. The maximum atomic E-state index is 11.4. The lowest BCUT2D eigenvalue weighted by molar-refractivity contribution is 0.559. The number of halogens is 2. The summed E-state index contributed by atoms with van der Waals surface area (Å²) in [6.07, 6.45) is 0. The minimum atomic E-state index is -0.330. The summed E-state index contributed by atoms with van der Waals surface area (Å²) in [5.74, 6) is 0. The molecule has 2 rings (SSSR count). The van der Waals surface area contributed by atoms with Crippen LogP contribution in [-0.4, -0.2) is 0 Å². The number of rotatable bonds is 1. The predicted octanol–water partition coefficient (Wildman–Crippen LogP) is 3.96. The highest BCUT2D eigenvalue weighted by Crippen LogP contribution is 2.31. The van der Waals surface area contributed by atoms with Crippen LogP contribution in [0.5, 0.6) is 0 Å². The molecule has 4 heteroatoms. The highest BCUT2D eigenvalue weighted by molar-refractivity contribution is 9.08. The first-order valence-corrected chi connectivity index (χ1v) is 6.33. The minimum Gasteiger partial charge on any atom is -0.423 e. The summed E-state index contributed by atoms with van der Waals surface area (Å²) in [7, 11) is 0. The van der Waals surface area contributed by atoms with E-state index in [2.05, 4.69) is 15.9 Å². The van der Waals surface area contributed by atoms with Crippen LogP contribution in [0.2, 0.25) is 5.02 Å². The van der Waals surface area contributed by atoms with Crippen molar-refractivity contribution in [2.24, 2.45) is 0 Å². The second-order valence-corrected chi connectivity index (χ2v) is 4.67. The Kier molecular flexibility index (Phi) is 3.08. The molecule has 0 aliphatic rings. The maximum absolute atomic E-state index is 11.4. The molecule has 0 saturated carbocycles. The molecule has 0 amide bonds. The van der Waals surface area contributed by atoms with Gasteiger partial charge in [0.1, 0.15) is 5.58 Å². The first kappa shape index (κ1) is 11.7. The molecule has 84 valence electrons. The monoisotopic (exact) mass is 300 g/mol. The van der Waals surface area contributed by atoms with E-state index in [0.717, 1.165) is 27.1 Å². The van der Waals surface area contributed by atoms with Crippen molar-refractivity contribution in [1.29, 1.82) is 0 Å². The first-order valence-electron chi connectivity index (χ1n) is 4.83. The van der Waals surface area contributed by atoms with Gasteiger partial charge in [-0.25, -0.2) is 4.79 Å². The van der Waals surface area contributed by atoms with Gasteiger partial charge in [-0.15, -0.1) is 0 Å². The second-order valence-electron chi connectivity index (χ2n) is 3.73. The summed E-state index contributed by atoms with van der Waals surface area (Å²) in [6.45, 7) is 3.83. The third-order valence-corrected chi connectivity index (χ3v) is 3.80. The van der Waals surface area contributed by atoms with Gasteiger partial charge in [0.25, 0.3) is 0 Å². The minimum absolute atomic E-state index is 0.330. The lowest BCUT2D eigenvalue weighted by Crippen LogP contribution is -2.01. The number of hydrogen-bond acceptors (Lipinski definition) is 2. The molecule has 0 N–H and O–H groups in total. The number of benzene rings is 1. The summed E-state index contributed by atoms with van der Waals surface area (Å²) in [6, 6.07) is 3.30. The molecule has 0 spiro atoms.